The number of nitrogens with zero attached hydrogens (tertiary/aromatic N) is 2. The Morgan fingerprint density at radius 2 is 2.05 bits per heavy atom. The van der Waals surface area contributed by atoms with Gasteiger partial charge in [-0.2, -0.15) is 0 Å². The van der Waals surface area contributed by atoms with Crippen LogP contribution in [0.3, 0.4) is 0 Å². The predicted molar refractivity (Wildman–Crippen MR) is 85.8 cm³/mol. The number of aromatic nitrogens is 1. The summed E-state index contributed by atoms with van der Waals surface area (Å²) < 4.78 is 0. The largest absolute Gasteiger partial charge is 0.321 e. The minimum atomic E-state index is 0.0921. The van der Waals surface area contributed by atoms with E-state index in [1.165, 1.54) is 11.1 Å². The van der Waals surface area contributed by atoms with Crippen molar-refractivity contribution < 1.29 is 4.79 Å². The predicted octanol–water partition coefficient (Wildman–Crippen LogP) is 3.55. The number of rotatable bonds is 3. The van der Waals surface area contributed by atoms with Crippen LogP contribution < -0.4 is 0 Å². The molecule has 0 N–H and O–H groups in total. The Bertz CT molecular complexity index is 630. The number of benzene rings is 1. The number of pyridine rings is 1. The van der Waals surface area contributed by atoms with Gasteiger partial charge in [-0.15, -0.1) is 11.8 Å². The van der Waals surface area contributed by atoms with Gasteiger partial charge in [0.05, 0.1) is 12.2 Å². The van der Waals surface area contributed by atoms with Gasteiger partial charge in [-0.1, -0.05) is 30.3 Å². The average Bonchev–Trinajstić information content (AvgIpc) is 2.51. The molecule has 1 fully saturated rings. The Morgan fingerprint density at radius 1 is 1.24 bits per heavy atom. The molecule has 0 spiro atoms. The number of carbonyl (C=O) groups is 1. The highest BCUT2D eigenvalue weighted by Crippen LogP contribution is 2.39. The standard InChI is InChI=1S/C17H18N2OS/c1-13-6-2-3-8-15(13)17-19(16(20)9-11-21-17)12-14-7-4-5-10-18-14/h2-8,10,17H,9,11-12H2,1H3. The molecule has 2 aromatic rings. The maximum absolute atomic E-state index is 12.4. The average molecular weight is 298 g/mol. The van der Waals surface area contributed by atoms with Gasteiger partial charge in [0.1, 0.15) is 5.37 Å². The first kappa shape index (κ1) is 14.1. The van der Waals surface area contributed by atoms with E-state index >= 15 is 0 Å². The van der Waals surface area contributed by atoms with Crippen LogP contribution in [0.4, 0.5) is 0 Å². The Balaban J connectivity index is 1.90. The highest BCUT2D eigenvalue weighted by molar-refractivity contribution is 7.99. The summed E-state index contributed by atoms with van der Waals surface area (Å²) in [7, 11) is 0. The first-order valence-electron chi connectivity index (χ1n) is 7.12. The minimum Gasteiger partial charge on any atom is -0.321 e. The maximum atomic E-state index is 12.4. The van der Waals surface area contributed by atoms with E-state index in [0.29, 0.717) is 13.0 Å². The molecule has 0 radical (unpaired) electrons. The molecule has 1 aliphatic rings. The topological polar surface area (TPSA) is 33.2 Å². The lowest BCUT2D eigenvalue weighted by Crippen LogP contribution is -2.37. The van der Waals surface area contributed by atoms with Crippen LogP contribution in [0.2, 0.25) is 0 Å². The van der Waals surface area contributed by atoms with Gasteiger partial charge in [0.2, 0.25) is 5.91 Å². The molecule has 1 saturated heterocycles. The summed E-state index contributed by atoms with van der Waals surface area (Å²) in [6.07, 6.45) is 2.39. The molecular weight excluding hydrogens is 280 g/mol. The molecule has 0 aliphatic carbocycles. The van der Waals surface area contributed by atoms with Crippen molar-refractivity contribution in [2.45, 2.75) is 25.3 Å². The molecule has 0 bridgehead atoms. The summed E-state index contributed by atoms with van der Waals surface area (Å²) >= 11 is 1.84. The van der Waals surface area contributed by atoms with Gasteiger partial charge in [0.25, 0.3) is 0 Å². The van der Waals surface area contributed by atoms with Crippen LogP contribution in [0.1, 0.15) is 28.6 Å². The molecule has 4 heteroatoms. The van der Waals surface area contributed by atoms with Gasteiger partial charge in [0.15, 0.2) is 0 Å². The van der Waals surface area contributed by atoms with E-state index in [9.17, 15) is 4.79 Å². The molecule has 108 valence electrons. The zero-order chi connectivity index (χ0) is 14.7. The lowest BCUT2D eigenvalue weighted by Gasteiger charge is -2.36. The summed E-state index contributed by atoms with van der Waals surface area (Å²) in [6.45, 7) is 2.68. The molecule has 3 rings (SSSR count). The molecular formula is C17H18N2OS. The smallest absolute Gasteiger partial charge is 0.224 e. The van der Waals surface area contributed by atoms with Crippen molar-refractivity contribution >= 4 is 17.7 Å². The first-order chi connectivity index (χ1) is 10.3. The zero-order valence-electron chi connectivity index (χ0n) is 12.0. The van der Waals surface area contributed by atoms with E-state index in [1.807, 2.05) is 47.0 Å². The van der Waals surface area contributed by atoms with Crippen LogP contribution in [0, 0.1) is 6.92 Å². The molecule has 21 heavy (non-hydrogen) atoms. The second-order valence-electron chi connectivity index (χ2n) is 5.17. The van der Waals surface area contributed by atoms with E-state index in [1.54, 1.807) is 6.20 Å². The fourth-order valence-electron chi connectivity index (χ4n) is 2.58. The fourth-order valence-corrected chi connectivity index (χ4v) is 3.91. The van der Waals surface area contributed by atoms with Crippen molar-refractivity contribution in [3.63, 3.8) is 0 Å². The SMILES string of the molecule is Cc1ccccc1C1SCCC(=O)N1Cc1ccccn1. The van der Waals surface area contributed by atoms with Crippen molar-refractivity contribution in [2.75, 3.05) is 5.75 Å². The van der Waals surface area contributed by atoms with Gasteiger partial charge in [-0.25, -0.2) is 0 Å². The van der Waals surface area contributed by atoms with Crippen LogP contribution in [0.15, 0.2) is 48.7 Å². The Hall–Kier alpha value is -1.81. The van der Waals surface area contributed by atoms with Crippen LogP contribution >= 0.6 is 11.8 Å². The molecule has 1 aromatic heterocycles. The maximum Gasteiger partial charge on any atom is 0.224 e. The van der Waals surface area contributed by atoms with E-state index in [4.69, 9.17) is 0 Å². The zero-order valence-corrected chi connectivity index (χ0v) is 12.8. The minimum absolute atomic E-state index is 0.0921. The first-order valence-corrected chi connectivity index (χ1v) is 8.17. The molecule has 1 atom stereocenters. The number of aryl methyl sites for hydroxylation is 1. The summed E-state index contributed by atoms with van der Waals surface area (Å²) in [5.41, 5.74) is 3.40. The number of carbonyl (C=O) groups excluding carboxylic acids is 1. The van der Waals surface area contributed by atoms with Gasteiger partial charge in [-0.3, -0.25) is 9.78 Å². The molecule has 3 nitrogen and oxygen atoms in total. The van der Waals surface area contributed by atoms with E-state index in [2.05, 4.69) is 24.0 Å². The highest BCUT2D eigenvalue weighted by atomic mass is 32.2. The van der Waals surface area contributed by atoms with Crippen LogP contribution in [0.5, 0.6) is 0 Å². The second kappa shape index (κ2) is 6.31. The Kier molecular flexibility index (Phi) is 4.25. The Labute approximate surface area is 129 Å². The van der Waals surface area contributed by atoms with Gasteiger partial charge >= 0.3 is 0 Å². The number of thioether (sulfide) groups is 1. The number of hydrogen-bond donors (Lipinski definition) is 0. The summed E-state index contributed by atoms with van der Waals surface area (Å²) in [6, 6.07) is 14.1. The van der Waals surface area contributed by atoms with Gasteiger partial charge < -0.3 is 4.90 Å². The highest BCUT2D eigenvalue weighted by Gasteiger charge is 2.30. The van der Waals surface area contributed by atoms with Crippen LogP contribution in [-0.2, 0) is 11.3 Å². The quantitative estimate of drug-likeness (QED) is 0.869. The lowest BCUT2D eigenvalue weighted by molar-refractivity contribution is -0.132. The van der Waals surface area contributed by atoms with Crippen molar-refractivity contribution in [2.24, 2.45) is 0 Å². The molecule has 1 aliphatic heterocycles. The lowest BCUT2D eigenvalue weighted by atomic mass is 10.1. The van der Waals surface area contributed by atoms with Gasteiger partial charge in [0, 0.05) is 18.4 Å². The van der Waals surface area contributed by atoms with Crippen molar-refractivity contribution in [3.05, 3.63) is 65.5 Å². The molecule has 0 saturated carbocycles. The Morgan fingerprint density at radius 3 is 2.81 bits per heavy atom. The number of hydrogen-bond acceptors (Lipinski definition) is 3. The van der Waals surface area contributed by atoms with Crippen LogP contribution in [-0.4, -0.2) is 21.5 Å². The summed E-state index contributed by atoms with van der Waals surface area (Å²) in [5.74, 6) is 1.10. The number of amides is 1. The third-order valence-corrected chi connectivity index (χ3v) is 4.97. The van der Waals surface area contributed by atoms with Gasteiger partial charge in [-0.05, 0) is 30.2 Å². The van der Waals surface area contributed by atoms with Crippen molar-refractivity contribution in [1.29, 1.82) is 0 Å². The van der Waals surface area contributed by atoms with Crippen molar-refractivity contribution in [3.8, 4) is 0 Å². The summed E-state index contributed by atoms with van der Waals surface area (Å²) in [5, 5.41) is 0.0921. The fraction of sp³-hybridized carbons (Fsp3) is 0.294. The molecule has 2 heterocycles. The van der Waals surface area contributed by atoms with E-state index in [-0.39, 0.29) is 11.3 Å². The molecule has 1 unspecified atom stereocenters. The monoisotopic (exact) mass is 298 g/mol. The second-order valence-corrected chi connectivity index (χ2v) is 6.36. The van der Waals surface area contributed by atoms with Crippen LogP contribution in [0.25, 0.3) is 0 Å². The molecule has 1 aromatic carbocycles. The third-order valence-electron chi connectivity index (χ3n) is 3.71. The van der Waals surface area contributed by atoms with E-state index in [0.717, 1.165) is 11.4 Å². The summed E-state index contributed by atoms with van der Waals surface area (Å²) in [4.78, 5) is 18.7. The van der Waals surface area contributed by atoms with E-state index < -0.39 is 0 Å². The normalized spacial score (nSPS) is 18.8. The third kappa shape index (κ3) is 3.10. The molecule has 1 amide bonds. The van der Waals surface area contributed by atoms with Crippen molar-refractivity contribution in [1.82, 2.24) is 9.88 Å².